The van der Waals surface area contributed by atoms with Crippen LogP contribution in [0.2, 0.25) is 0 Å². The summed E-state index contributed by atoms with van der Waals surface area (Å²) >= 11 is 1.84. The van der Waals surface area contributed by atoms with Gasteiger partial charge in [0.25, 0.3) is 0 Å². The second-order valence-electron chi connectivity index (χ2n) is 4.24. The first kappa shape index (κ1) is 12.6. The standard InChI is InChI=1S/C13H18O3S/c1-8-6-10(14)13-9(7-17-8)11(15-2)4-5-12(13)16-3/h4-5,8,10,14H,6-7H2,1-3H3. The number of ether oxygens (including phenoxy) is 2. The summed E-state index contributed by atoms with van der Waals surface area (Å²) in [5.74, 6) is 2.44. The van der Waals surface area contributed by atoms with Crippen molar-refractivity contribution in [3.63, 3.8) is 0 Å². The van der Waals surface area contributed by atoms with Crippen molar-refractivity contribution < 1.29 is 14.6 Å². The quantitative estimate of drug-likeness (QED) is 0.880. The highest BCUT2D eigenvalue weighted by Gasteiger charge is 2.26. The Hall–Kier alpha value is -0.870. The fourth-order valence-electron chi connectivity index (χ4n) is 2.23. The lowest BCUT2D eigenvalue weighted by molar-refractivity contribution is 0.163. The molecule has 1 aliphatic rings. The number of fused-ring (bicyclic) bond motifs is 1. The predicted molar refractivity (Wildman–Crippen MR) is 69.9 cm³/mol. The minimum Gasteiger partial charge on any atom is -0.496 e. The van der Waals surface area contributed by atoms with Crippen LogP contribution in [0.1, 0.15) is 30.6 Å². The first-order valence-electron chi connectivity index (χ1n) is 5.70. The van der Waals surface area contributed by atoms with Crippen molar-refractivity contribution in [1.29, 1.82) is 0 Å². The number of hydrogen-bond donors (Lipinski definition) is 1. The van der Waals surface area contributed by atoms with Crippen LogP contribution in [0.4, 0.5) is 0 Å². The maximum atomic E-state index is 10.3. The number of benzene rings is 1. The van der Waals surface area contributed by atoms with E-state index in [4.69, 9.17) is 9.47 Å². The molecule has 17 heavy (non-hydrogen) atoms. The van der Waals surface area contributed by atoms with Crippen LogP contribution < -0.4 is 9.47 Å². The zero-order valence-electron chi connectivity index (χ0n) is 10.4. The van der Waals surface area contributed by atoms with Crippen molar-refractivity contribution in [2.45, 2.75) is 30.5 Å². The molecule has 0 radical (unpaired) electrons. The van der Waals surface area contributed by atoms with Crippen LogP contribution in [0.3, 0.4) is 0 Å². The SMILES string of the molecule is COc1ccc(OC)c2c1CSC(C)CC2O. The third kappa shape index (κ3) is 2.38. The Kier molecular flexibility index (Phi) is 3.84. The van der Waals surface area contributed by atoms with E-state index in [2.05, 4.69) is 6.92 Å². The molecule has 1 aromatic rings. The number of thioether (sulfide) groups is 1. The maximum absolute atomic E-state index is 10.3. The molecule has 0 saturated heterocycles. The van der Waals surface area contributed by atoms with Crippen molar-refractivity contribution in [2.75, 3.05) is 14.2 Å². The zero-order chi connectivity index (χ0) is 12.4. The molecule has 0 bridgehead atoms. The summed E-state index contributed by atoms with van der Waals surface area (Å²) in [6.45, 7) is 2.14. The van der Waals surface area contributed by atoms with Gasteiger partial charge in [-0.2, -0.15) is 11.8 Å². The highest BCUT2D eigenvalue weighted by Crippen LogP contribution is 2.43. The van der Waals surface area contributed by atoms with Gasteiger partial charge in [-0.15, -0.1) is 0 Å². The summed E-state index contributed by atoms with van der Waals surface area (Å²) in [6, 6.07) is 3.77. The van der Waals surface area contributed by atoms with E-state index in [0.29, 0.717) is 5.25 Å². The van der Waals surface area contributed by atoms with Gasteiger partial charge in [-0.1, -0.05) is 6.92 Å². The topological polar surface area (TPSA) is 38.7 Å². The van der Waals surface area contributed by atoms with Crippen LogP contribution in [0.25, 0.3) is 0 Å². The highest BCUT2D eigenvalue weighted by atomic mass is 32.2. The molecule has 0 saturated carbocycles. The second-order valence-corrected chi connectivity index (χ2v) is 5.66. The van der Waals surface area contributed by atoms with Crippen LogP contribution in [0.5, 0.6) is 11.5 Å². The monoisotopic (exact) mass is 254 g/mol. The minimum absolute atomic E-state index is 0.437. The van der Waals surface area contributed by atoms with Crippen molar-refractivity contribution in [3.8, 4) is 11.5 Å². The normalized spacial score (nSPS) is 23.8. The van der Waals surface area contributed by atoms with Crippen LogP contribution in [0.15, 0.2) is 12.1 Å². The van der Waals surface area contributed by atoms with E-state index in [0.717, 1.165) is 34.8 Å². The molecule has 94 valence electrons. The van der Waals surface area contributed by atoms with E-state index in [-0.39, 0.29) is 0 Å². The Morgan fingerprint density at radius 1 is 1.24 bits per heavy atom. The molecule has 0 aliphatic carbocycles. The van der Waals surface area contributed by atoms with Crippen LogP contribution >= 0.6 is 11.8 Å². The van der Waals surface area contributed by atoms with Crippen LogP contribution in [-0.2, 0) is 5.75 Å². The Balaban J connectivity index is 2.54. The molecule has 1 aromatic carbocycles. The number of aliphatic hydroxyl groups excluding tert-OH is 1. The van der Waals surface area contributed by atoms with Gasteiger partial charge in [-0.3, -0.25) is 0 Å². The van der Waals surface area contributed by atoms with Gasteiger partial charge < -0.3 is 14.6 Å². The third-order valence-corrected chi connectivity index (χ3v) is 4.33. The third-order valence-electron chi connectivity index (χ3n) is 3.11. The summed E-state index contributed by atoms with van der Waals surface area (Å²) in [7, 11) is 3.30. The van der Waals surface area contributed by atoms with Gasteiger partial charge in [0.05, 0.1) is 20.3 Å². The molecule has 0 aromatic heterocycles. The Labute approximate surface area is 106 Å². The average molecular weight is 254 g/mol. The van der Waals surface area contributed by atoms with Gasteiger partial charge in [0, 0.05) is 22.1 Å². The summed E-state index contributed by atoms with van der Waals surface area (Å²) < 4.78 is 10.7. The number of aliphatic hydroxyl groups is 1. The molecular formula is C13H18O3S. The lowest BCUT2D eigenvalue weighted by Gasteiger charge is -2.18. The fourth-order valence-corrected chi connectivity index (χ4v) is 3.30. The Bertz CT molecular complexity index is 406. The lowest BCUT2D eigenvalue weighted by atomic mass is 9.98. The summed E-state index contributed by atoms with van der Waals surface area (Å²) in [5, 5.41) is 10.7. The van der Waals surface area contributed by atoms with Crippen LogP contribution in [-0.4, -0.2) is 24.6 Å². The average Bonchev–Trinajstić information content (AvgIpc) is 2.48. The van der Waals surface area contributed by atoms with Crippen molar-refractivity contribution in [3.05, 3.63) is 23.3 Å². The van der Waals surface area contributed by atoms with Gasteiger partial charge in [0.2, 0.25) is 0 Å². The summed E-state index contributed by atoms with van der Waals surface area (Å²) in [4.78, 5) is 0. The van der Waals surface area contributed by atoms with Gasteiger partial charge in [0.1, 0.15) is 11.5 Å². The van der Waals surface area contributed by atoms with Gasteiger partial charge in [-0.05, 0) is 18.6 Å². The minimum atomic E-state index is -0.472. The molecular weight excluding hydrogens is 236 g/mol. The summed E-state index contributed by atoms with van der Waals surface area (Å²) in [5.41, 5.74) is 1.96. The number of rotatable bonds is 2. The van der Waals surface area contributed by atoms with Crippen molar-refractivity contribution in [2.24, 2.45) is 0 Å². The van der Waals surface area contributed by atoms with E-state index in [9.17, 15) is 5.11 Å². The Morgan fingerprint density at radius 2 is 1.88 bits per heavy atom. The fraction of sp³-hybridized carbons (Fsp3) is 0.538. The molecule has 1 N–H and O–H groups in total. The molecule has 2 atom stereocenters. The first-order valence-corrected chi connectivity index (χ1v) is 6.75. The second kappa shape index (κ2) is 5.19. The molecule has 4 heteroatoms. The van der Waals surface area contributed by atoms with Gasteiger partial charge >= 0.3 is 0 Å². The highest BCUT2D eigenvalue weighted by molar-refractivity contribution is 7.99. The molecule has 0 fully saturated rings. The van der Waals surface area contributed by atoms with Gasteiger partial charge in [-0.25, -0.2) is 0 Å². The van der Waals surface area contributed by atoms with E-state index in [1.807, 2.05) is 23.9 Å². The molecule has 3 nitrogen and oxygen atoms in total. The molecule has 0 amide bonds. The molecule has 0 spiro atoms. The van der Waals surface area contributed by atoms with E-state index in [1.165, 1.54) is 0 Å². The Morgan fingerprint density at radius 3 is 2.53 bits per heavy atom. The molecule has 2 unspecified atom stereocenters. The molecule has 2 rings (SSSR count). The van der Waals surface area contributed by atoms with Crippen LogP contribution in [0, 0.1) is 0 Å². The zero-order valence-corrected chi connectivity index (χ0v) is 11.2. The first-order chi connectivity index (χ1) is 8.17. The molecule has 1 aliphatic heterocycles. The van der Waals surface area contributed by atoms with Gasteiger partial charge in [0.15, 0.2) is 0 Å². The molecule has 1 heterocycles. The predicted octanol–water partition coefficient (Wildman–Crippen LogP) is 2.76. The van der Waals surface area contributed by atoms with E-state index < -0.39 is 6.10 Å². The largest absolute Gasteiger partial charge is 0.496 e. The number of methoxy groups -OCH3 is 2. The van der Waals surface area contributed by atoms with E-state index >= 15 is 0 Å². The van der Waals surface area contributed by atoms with E-state index in [1.54, 1.807) is 14.2 Å². The van der Waals surface area contributed by atoms with Crippen molar-refractivity contribution in [1.82, 2.24) is 0 Å². The lowest BCUT2D eigenvalue weighted by Crippen LogP contribution is -2.06. The summed E-state index contributed by atoms with van der Waals surface area (Å²) in [6.07, 6.45) is 0.279. The number of hydrogen-bond acceptors (Lipinski definition) is 4. The van der Waals surface area contributed by atoms with Crippen molar-refractivity contribution >= 4 is 11.8 Å². The maximum Gasteiger partial charge on any atom is 0.125 e. The smallest absolute Gasteiger partial charge is 0.125 e.